The highest BCUT2D eigenvalue weighted by atomic mass is 19.1. The van der Waals surface area contributed by atoms with E-state index in [1.165, 1.54) is 18.3 Å². The first-order valence-corrected chi connectivity index (χ1v) is 8.78. The average molecular weight is 358 g/mol. The van der Waals surface area contributed by atoms with E-state index in [-0.39, 0.29) is 36.0 Å². The number of aromatic amines is 1. The van der Waals surface area contributed by atoms with Gasteiger partial charge in [0.1, 0.15) is 11.5 Å². The van der Waals surface area contributed by atoms with Crippen LogP contribution in [0.15, 0.2) is 36.5 Å². The summed E-state index contributed by atoms with van der Waals surface area (Å²) in [7, 11) is 0. The van der Waals surface area contributed by atoms with Gasteiger partial charge < -0.3 is 9.80 Å². The Morgan fingerprint density at radius 3 is 2.65 bits per heavy atom. The quantitative estimate of drug-likeness (QED) is 0.913. The van der Waals surface area contributed by atoms with Crippen molar-refractivity contribution < 1.29 is 14.0 Å². The zero-order chi connectivity index (χ0) is 18.7. The molecular weight excluding hydrogens is 335 g/mol. The summed E-state index contributed by atoms with van der Waals surface area (Å²) >= 11 is 0. The smallest absolute Gasteiger partial charge is 0.271 e. The number of aromatic nitrogens is 2. The maximum absolute atomic E-state index is 13.2. The van der Waals surface area contributed by atoms with Crippen molar-refractivity contribution in [1.29, 1.82) is 0 Å². The molecule has 2 heterocycles. The monoisotopic (exact) mass is 358 g/mol. The lowest BCUT2D eigenvalue weighted by Crippen LogP contribution is -2.47. The number of hydrogen-bond donors (Lipinski definition) is 1. The molecule has 1 aliphatic heterocycles. The number of nitrogens with zero attached hydrogens (tertiary/aromatic N) is 3. The largest absolute Gasteiger partial charge is 0.335 e. The van der Waals surface area contributed by atoms with Crippen molar-refractivity contribution in [2.24, 2.45) is 5.92 Å². The second-order valence-corrected chi connectivity index (χ2v) is 6.93. The minimum atomic E-state index is -0.298. The SMILES string of the molecule is CC(C)[C@H]1CN(C(=O)c2ccn[nH]2)CCC(=O)N1Cc1ccc(F)cc1. The number of halogens is 1. The number of amides is 2. The molecule has 2 aromatic rings. The fourth-order valence-corrected chi connectivity index (χ4v) is 3.27. The fraction of sp³-hybridized carbons (Fsp3) is 0.421. The second-order valence-electron chi connectivity index (χ2n) is 6.93. The molecule has 0 spiro atoms. The van der Waals surface area contributed by atoms with Crippen LogP contribution in [0.1, 0.15) is 36.3 Å². The highest BCUT2D eigenvalue weighted by Crippen LogP contribution is 2.22. The van der Waals surface area contributed by atoms with Crippen LogP contribution in [0.4, 0.5) is 4.39 Å². The van der Waals surface area contributed by atoms with E-state index in [1.54, 1.807) is 23.1 Å². The number of hydrogen-bond acceptors (Lipinski definition) is 3. The van der Waals surface area contributed by atoms with Gasteiger partial charge in [0.15, 0.2) is 0 Å². The molecule has 6 nitrogen and oxygen atoms in total. The summed E-state index contributed by atoms with van der Waals surface area (Å²) in [5, 5.41) is 6.52. The Morgan fingerprint density at radius 2 is 2.04 bits per heavy atom. The highest BCUT2D eigenvalue weighted by Gasteiger charge is 2.33. The molecule has 1 saturated heterocycles. The van der Waals surface area contributed by atoms with Crippen LogP contribution in [-0.2, 0) is 11.3 Å². The summed E-state index contributed by atoms with van der Waals surface area (Å²) in [6, 6.07) is 7.71. The minimum Gasteiger partial charge on any atom is -0.335 e. The Hall–Kier alpha value is -2.70. The molecule has 1 aliphatic rings. The van der Waals surface area contributed by atoms with E-state index in [1.807, 2.05) is 18.7 Å². The van der Waals surface area contributed by atoms with Crippen molar-refractivity contribution in [3.8, 4) is 0 Å². The highest BCUT2D eigenvalue weighted by molar-refractivity contribution is 5.92. The molecular formula is C19H23FN4O2. The van der Waals surface area contributed by atoms with Gasteiger partial charge in [0.25, 0.3) is 5.91 Å². The van der Waals surface area contributed by atoms with Gasteiger partial charge in [-0.25, -0.2) is 4.39 Å². The molecule has 7 heteroatoms. The van der Waals surface area contributed by atoms with E-state index in [0.29, 0.717) is 25.3 Å². The number of benzene rings is 1. The van der Waals surface area contributed by atoms with Gasteiger partial charge >= 0.3 is 0 Å². The van der Waals surface area contributed by atoms with Gasteiger partial charge in [0.2, 0.25) is 5.91 Å². The molecule has 0 unspecified atom stereocenters. The third-order valence-electron chi connectivity index (χ3n) is 4.78. The van der Waals surface area contributed by atoms with Gasteiger partial charge in [-0.1, -0.05) is 26.0 Å². The Balaban J connectivity index is 1.81. The molecule has 26 heavy (non-hydrogen) atoms. The molecule has 138 valence electrons. The average Bonchev–Trinajstić information content (AvgIpc) is 3.10. The number of nitrogens with one attached hydrogen (secondary N) is 1. The molecule has 0 aliphatic carbocycles. The molecule has 0 saturated carbocycles. The lowest BCUT2D eigenvalue weighted by molar-refractivity contribution is -0.134. The van der Waals surface area contributed by atoms with Crippen LogP contribution in [0.2, 0.25) is 0 Å². The molecule has 1 N–H and O–H groups in total. The maximum Gasteiger partial charge on any atom is 0.271 e. The standard InChI is InChI=1S/C19H23FN4O2/c1-13(2)17-12-23(19(26)16-7-9-21-22-16)10-8-18(25)24(17)11-14-3-5-15(20)6-4-14/h3-7,9,13,17H,8,10-12H2,1-2H3,(H,21,22)/t17-/m1/s1. The van der Waals surface area contributed by atoms with E-state index in [4.69, 9.17) is 0 Å². The summed E-state index contributed by atoms with van der Waals surface area (Å²) in [5.74, 6) is -0.264. The number of carbonyl (C=O) groups excluding carboxylic acids is 2. The van der Waals surface area contributed by atoms with Crippen LogP contribution in [0.5, 0.6) is 0 Å². The Morgan fingerprint density at radius 1 is 1.31 bits per heavy atom. The van der Waals surface area contributed by atoms with E-state index in [2.05, 4.69) is 10.2 Å². The van der Waals surface area contributed by atoms with E-state index in [0.717, 1.165) is 5.56 Å². The molecule has 1 fully saturated rings. The molecule has 2 amide bonds. The first-order valence-electron chi connectivity index (χ1n) is 8.78. The summed E-state index contributed by atoms with van der Waals surface area (Å²) < 4.78 is 13.2. The van der Waals surface area contributed by atoms with Crippen molar-refractivity contribution in [3.63, 3.8) is 0 Å². The van der Waals surface area contributed by atoms with Crippen LogP contribution in [-0.4, -0.2) is 50.9 Å². The molecule has 0 bridgehead atoms. The predicted octanol–water partition coefficient (Wildman–Crippen LogP) is 2.45. The third kappa shape index (κ3) is 3.92. The Bertz CT molecular complexity index is 758. The molecule has 1 aromatic carbocycles. The number of H-pyrrole nitrogens is 1. The van der Waals surface area contributed by atoms with Crippen molar-refractivity contribution in [2.45, 2.75) is 32.9 Å². The van der Waals surface area contributed by atoms with Crippen LogP contribution in [0.3, 0.4) is 0 Å². The fourth-order valence-electron chi connectivity index (χ4n) is 3.27. The lowest BCUT2D eigenvalue weighted by atomic mass is 10.0. The summed E-state index contributed by atoms with van der Waals surface area (Å²) in [5.41, 5.74) is 1.30. The van der Waals surface area contributed by atoms with Crippen molar-refractivity contribution in [3.05, 3.63) is 53.6 Å². The van der Waals surface area contributed by atoms with Crippen molar-refractivity contribution in [1.82, 2.24) is 20.0 Å². The summed E-state index contributed by atoms with van der Waals surface area (Å²) in [6.45, 7) is 5.33. The Labute approximate surface area is 152 Å². The molecule has 3 rings (SSSR count). The first-order chi connectivity index (χ1) is 12.5. The topological polar surface area (TPSA) is 69.3 Å². The second kappa shape index (κ2) is 7.68. The van der Waals surface area contributed by atoms with Crippen LogP contribution in [0, 0.1) is 11.7 Å². The van der Waals surface area contributed by atoms with Crippen LogP contribution in [0.25, 0.3) is 0 Å². The molecule has 0 radical (unpaired) electrons. The van der Waals surface area contributed by atoms with Crippen molar-refractivity contribution >= 4 is 11.8 Å². The minimum absolute atomic E-state index is 0.00735. The predicted molar refractivity (Wildman–Crippen MR) is 94.7 cm³/mol. The number of carbonyl (C=O) groups is 2. The summed E-state index contributed by atoms with van der Waals surface area (Å²) in [6.07, 6.45) is 1.81. The lowest BCUT2D eigenvalue weighted by Gasteiger charge is -2.34. The van der Waals surface area contributed by atoms with Crippen LogP contribution < -0.4 is 0 Å². The molecule has 1 aromatic heterocycles. The zero-order valence-electron chi connectivity index (χ0n) is 15.0. The van der Waals surface area contributed by atoms with Gasteiger partial charge in [-0.3, -0.25) is 14.7 Å². The van der Waals surface area contributed by atoms with E-state index in [9.17, 15) is 14.0 Å². The van der Waals surface area contributed by atoms with Gasteiger partial charge in [0, 0.05) is 32.3 Å². The van der Waals surface area contributed by atoms with Gasteiger partial charge in [-0.2, -0.15) is 5.10 Å². The Kier molecular flexibility index (Phi) is 5.35. The van der Waals surface area contributed by atoms with Gasteiger partial charge in [-0.15, -0.1) is 0 Å². The summed E-state index contributed by atoms with van der Waals surface area (Å²) in [4.78, 5) is 28.9. The maximum atomic E-state index is 13.2. The van der Waals surface area contributed by atoms with E-state index >= 15 is 0 Å². The zero-order valence-corrected chi connectivity index (χ0v) is 15.0. The van der Waals surface area contributed by atoms with Gasteiger partial charge in [-0.05, 0) is 29.7 Å². The van der Waals surface area contributed by atoms with Gasteiger partial charge in [0.05, 0.1) is 6.04 Å². The normalized spacial score (nSPS) is 18.3. The van der Waals surface area contributed by atoms with E-state index < -0.39 is 0 Å². The van der Waals surface area contributed by atoms with Crippen molar-refractivity contribution in [2.75, 3.05) is 13.1 Å². The molecule has 1 atom stereocenters. The first kappa shape index (κ1) is 18.1. The number of rotatable bonds is 4. The van der Waals surface area contributed by atoms with Crippen LogP contribution >= 0.6 is 0 Å². The third-order valence-corrected chi connectivity index (χ3v) is 4.78.